The second-order valence-corrected chi connectivity index (χ2v) is 4.09. The minimum Gasteiger partial charge on any atom is -0.316 e. The fourth-order valence-electron chi connectivity index (χ4n) is 2.17. The van der Waals surface area contributed by atoms with Gasteiger partial charge in [-0.25, -0.2) is 4.98 Å². The molecule has 0 aliphatic carbocycles. The van der Waals surface area contributed by atoms with Crippen LogP contribution in [-0.2, 0) is 0 Å². The van der Waals surface area contributed by atoms with Crippen LogP contribution in [0.3, 0.4) is 0 Å². The van der Waals surface area contributed by atoms with Gasteiger partial charge < -0.3 is 5.32 Å². The van der Waals surface area contributed by atoms with Gasteiger partial charge in [0, 0.05) is 24.9 Å². The zero-order valence-corrected chi connectivity index (χ0v) is 8.59. The topological polar surface area (TPSA) is 55.1 Å². The maximum atomic E-state index is 4.24. The minimum atomic E-state index is 0.448. The highest BCUT2D eigenvalue weighted by Gasteiger charge is 2.28. The van der Waals surface area contributed by atoms with E-state index in [2.05, 4.69) is 27.4 Å². The van der Waals surface area contributed by atoms with Gasteiger partial charge in [0.1, 0.15) is 5.82 Å². The molecule has 0 amide bonds. The molecule has 1 aliphatic rings. The molecule has 3 heterocycles. The maximum Gasteiger partial charge on any atom is 0.254 e. The van der Waals surface area contributed by atoms with Gasteiger partial charge in [-0.1, -0.05) is 6.92 Å². The molecule has 0 radical (unpaired) electrons. The van der Waals surface area contributed by atoms with E-state index in [1.807, 2.05) is 16.7 Å². The van der Waals surface area contributed by atoms with E-state index in [9.17, 15) is 0 Å². The van der Waals surface area contributed by atoms with Crippen LogP contribution in [0.1, 0.15) is 18.7 Å². The van der Waals surface area contributed by atoms with Crippen molar-refractivity contribution in [3.63, 3.8) is 0 Å². The second kappa shape index (κ2) is 3.27. The predicted molar refractivity (Wildman–Crippen MR) is 55.6 cm³/mol. The molecule has 2 aromatic heterocycles. The zero-order valence-electron chi connectivity index (χ0n) is 8.59. The Morgan fingerprint density at radius 3 is 3.13 bits per heavy atom. The Morgan fingerprint density at radius 1 is 1.40 bits per heavy atom. The lowest BCUT2D eigenvalue weighted by Gasteiger charge is -2.11. The molecule has 0 saturated carbocycles. The summed E-state index contributed by atoms with van der Waals surface area (Å²) in [7, 11) is 0. The van der Waals surface area contributed by atoms with E-state index in [1.54, 1.807) is 6.20 Å². The van der Waals surface area contributed by atoms with E-state index in [0.29, 0.717) is 17.6 Å². The van der Waals surface area contributed by atoms with Crippen molar-refractivity contribution in [3.8, 4) is 0 Å². The molecule has 1 aliphatic heterocycles. The van der Waals surface area contributed by atoms with Gasteiger partial charge in [0.25, 0.3) is 5.78 Å². The van der Waals surface area contributed by atoms with Gasteiger partial charge in [0.05, 0.1) is 0 Å². The van der Waals surface area contributed by atoms with Crippen LogP contribution in [0.2, 0.25) is 0 Å². The Balaban J connectivity index is 2.10. The second-order valence-electron chi connectivity index (χ2n) is 4.09. The Hall–Kier alpha value is -1.49. The van der Waals surface area contributed by atoms with Crippen molar-refractivity contribution >= 4 is 5.78 Å². The molecule has 0 bridgehead atoms. The molecule has 5 heteroatoms. The summed E-state index contributed by atoms with van der Waals surface area (Å²) in [5, 5.41) is 11.7. The molecule has 1 N–H and O–H groups in total. The standard InChI is InChI=1S/C10H13N5/c1-7-5-11-6-8(7)9-13-14-10-12-3-2-4-15(9)10/h2-4,7-8,11H,5-6H2,1H3. The van der Waals surface area contributed by atoms with Gasteiger partial charge in [-0.15, -0.1) is 10.2 Å². The molecule has 15 heavy (non-hydrogen) atoms. The van der Waals surface area contributed by atoms with Crippen LogP contribution in [0.4, 0.5) is 0 Å². The highest BCUT2D eigenvalue weighted by Crippen LogP contribution is 2.25. The molecule has 3 rings (SSSR count). The van der Waals surface area contributed by atoms with Crippen molar-refractivity contribution in [1.82, 2.24) is 24.9 Å². The summed E-state index contributed by atoms with van der Waals surface area (Å²) in [4.78, 5) is 4.17. The molecule has 78 valence electrons. The first-order chi connectivity index (χ1) is 7.36. The first kappa shape index (κ1) is 8.79. The summed E-state index contributed by atoms with van der Waals surface area (Å²) in [6.07, 6.45) is 3.72. The first-order valence-corrected chi connectivity index (χ1v) is 5.22. The highest BCUT2D eigenvalue weighted by atomic mass is 15.3. The molecule has 1 fully saturated rings. The maximum absolute atomic E-state index is 4.24. The summed E-state index contributed by atoms with van der Waals surface area (Å²) < 4.78 is 1.98. The van der Waals surface area contributed by atoms with E-state index in [-0.39, 0.29) is 0 Å². The monoisotopic (exact) mass is 203 g/mol. The molecular formula is C10H13N5. The third-order valence-electron chi connectivity index (χ3n) is 3.06. The number of fused-ring (bicyclic) bond motifs is 1. The average molecular weight is 203 g/mol. The lowest BCUT2D eigenvalue weighted by Crippen LogP contribution is -2.11. The fraction of sp³-hybridized carbons (Fsp3) is 0.500. The van der Waals surface area contributed by atoms with Crippen LogP contribution in [0, 0.1) is 5.92 Å². The summed E-state index contributed by atoms with van der Waals surface area (Å²) >= 11 is 0. The van der Waals surface area contributed by atoms with Gasteiger partial charge in [-0.2, -0.15) is 0 Å². The van der Waals surface area contributed by atoms with Gasteiger partial charge in [-0.05, 0) is 18.5 Å². The van der Waals surface area contributed by atoms with Crippen LogP contribution in [0.5, 0.6) is 0 Å². The molecular weight excluding hydrogens is 190 g/mol. The number of rotatable bonds is 1. The summed E-state index contributed by atoms with van der Waals surface area (Å²) in [6.45, 7) is 4.28. The van der Waals surface area contributed by atoms with E-state index in [0.717, 1.165) is 18.9 Å². The van der Waals surface area contributed by atoms with Crippen LogP contribution in [0.15, 0.2) is 18.5 Å². The van der Waals surface area contributed by atoms with Crippen LogP contribution in [0.25, 0.3) is 5.78 Å². The lowest BCUT2D eigenvalue weighted by molar-refractivity contribution is 0.541. The quantitative estimate of drug-likeness (QED) is 0.731. The number of hydrogen-bond donors (Lipinski definition) is 1. The summed E-state index contributed by atoms with van der Waals surface area (Å²) in [6, 6.07) is 1.91. The van der Waals surface area contributed by atoms with Crippen molar-refractivity contribution in [2.75, 3.05) is 13.1 Å². The van der Waals surface area contributed by atoms with Crippen molar-refractivity contribution in [1.29, 1.82) is 0 Å². The van der Waals surface area contributed by atoms with Crippen LogP contribution >= 0.6 is 0 Å². The molecule has 2 aromatic rings. The molecule has 0 spiro atoms. The van der Waals surface area contributed by atoms with Crippen molar-refractivity contribution < 1.29 is 0 Å². The molecule has 2 unspecified atom stereocenters. The van der Waals surface area contributed by atoms with Crippen LogP contribution in [-0.4, -0.2) is 32.7 Å². The Labute approximate surface area is 87.5 Å². The van der Waals surface area contributed by atoms with E-state index in [4.69, 9.17) is 0 Å². The Kier molecular flexibility index (Phi) is 1.92. The lowest BCUT2D eigenvalue weighted by atomic mass is 9.97. The third kappa shape index (κ3) is 1.31. The molecule has 1 saturated heterocycles. The predicted octanol–water partition coefficient (Wildman–Crippen LogP) is 0.447. The Bertz CT molecular complexity index is 477. The largest absolute Gasteiger partial charge is 0.316 e. The fourth-order valence-corrected chi connectivity index (χ4v) is 2.17. The van der Waals surface area contributed by atoms with Gasteiger partial charge in [0.15, 0.2) is 0 Å². The normalized spacial score (nSPS) is 26.2. The summed E-state index contributed by atoms with van der Waals surface area (Å²) in [5.74, 6) is 2.77. The van der Waals surface area contributed by atoms with Crippen molar-refractivity contribution in [2.24, 2.45) is 5.92 Å². The number of nitrogens with zero attached hydrogens (tertiary/aromatic N) is 4. The van der Waals surface area contributed by atoms with Crippen molar-refractivity contribution in [2.45, 2.75) is 12.8 Å². The van der Waals surface area contributed by atoms with E-state index < -0.39 is 0 Å². The average Bonchev–Trinajstić information content (AvgIpc) is 2.83. The third-order valence-corrected chi connectivity index (χ3v) is 3.06. The minimum absolute atomic E-state index is 0.448. The first-order valence-electron chi connectivity index (χ1n) is 5.22. The van der Waals surface area contributed by atoms with Crippen molar-refractivity contribution in [3.05, 3.63) is 24.3 Å². The highest BCUT2D eigenvalue weighted by molar-refractivity contribution is 5.28. The molecule has 5 nitrogen and oxygen atoms in total. The van der Waals surface area contributed by atoms with Gasteiger partial charge in [-0.3, -0.25) is 4.40 Å². The zero-order chi connectivity index (χ0) is 10.3. The van der Waals surface area contributed by atoms with E-state index >= 15 is 0 Å². The van der Waals surface area contributed by atoms with Gasteiger partial charge in [0.2, 0.25) is 0 Å². The summed E-state index contributed by atoms with van der Waals surface area (Å²) in [5.41, 5.74) is 0. The number of hydrogen-bond acceptors (Lipinski definition) is 4. The van der Waals surface area contributed by atoms with Gasteiger partial charge >= 0.3 is 0 Å². The van der Waals surface area contributed by atoms with Crippen LogP contribution < -0.4 is 5.32 Å². The molecule has 2 atom stereocenters. The van der Waals surface area contributed by atoms with E-state index in [1.165, 1.54) is 0 Å². The molecule has 0 aromatic carbocycles. The number of aromatic nitrogens is 4. The SMILES string of the molecule is CC1CNCC1c1nnc2ncccn12. The number of nitrogens with one attached hydrogen (secondary N) is 1. The Morgan fingerprint density at radius 2 is 2.33 bits per heavy atom. The smallest absolute Gasteiger partial charge is 0.254 e.